The molecule has 5 heteroatoms. The fourth-order valence-electron chi connectivity index (χ4n) is 1.44. The second-order valence-corrected chi connectivity index (χ2v) is 3.60. The molecule has 0 amide bonds. The zero-order valence-corrected chi connectivity index (χ0v) is 9.04. The summed E-state index contributed by atoms with van der Waals surface area (Å²) in [7, 11) is 1.68. The largest absolute Gasteiger partial charge is 0.419 e. The predicted molar refractivity (Wildman–Crippen MR) is 60.7 cm³/mol. The molecule has 0 saturated carbocycles. The summed E-state index contributed by atoms with van der Waals surface area (Å²) in [5, 5.41) is 3.11. The second-order valence-electron chi connectivity index (χ2n) is 3.23. The van der Waals surface area contributed by atoms with Crippen molar-refractivity contribution in [1.29, 1.82) is 0 Å². The lowest BCUT2D eigenvalue weighted by Crippen LogP contribution is -2.08. The molecule has 4 nitrogen and oxygen atoms in total. The molecule has 0 saturated heterocycles. The van der Waals surface area contributed by atoms with Crippen molar-refractivity contribution in [2.24, 2.45) is 7.05 Å². The number of benzene rings is 1. The van der Waals surface area contributed by atoms with E-state index in [1.807, 2.05) is 12.1 Å². The Bertz CT molecular complexity index is 530. The van der Waals surface area contributed by atoms with Crippen molar-refractivity contribution in [3.8, 4) is 0 Å². The van der Waals surface area contributed by atoms with E-state index in [1.165, 1.54) is 4.57 Å². The molecular formula is C10H11ClN2O2. The monoisotopic (exact) mass is 226 g/mol. The summed E-state index contributed by atoms with van der Waals surface area (Å²) in [4.78, 5) is 11.2. The van der Waals surface area contributed by atoms with E-state index in [2.05, 4.69) is 5.32 Å². The molecule has 1 aromatic carbocycles. The zero-order valence-electron chi connectivity index (χ0n) is 8.29. The molecule has 2 aromatic rings. The van der Waals surface area contributed by atoms with Crippen LogP contribution >= 0.6 is 11.6 Å². The van der Waals surface area contributed by atoms with Crippen LogP contribution in [0.1, 0.15) is 0 Å². The maximum absolute atomic E-state index is 11.2. The minimum Gasteiger partial charge on any atom is -0.408 e. The minimum atomic E-state index is -0.348. The van der Waals surface area contributed by atoms with Gasteiger partial charge in [-0.3, -0.25) is 4.57 Å². The molecule has 0 aliphatic carbocycles. The lowest BCUT2D eigenvalue weighted by Gasteiger charge is -2.02. The number of fused-ring (bicyclic) bond motifs is 1. The van der Waals surface area contributed by atoms with Gasteiger partial charge in [0.2, 0.25) is 0 Å². The Hall–Kier alpha value is -1.42. The summed E-state index contributed by atoms with van der Waals surface area (Å²) >= 11 is 5.56. The quantitative estimate of drug-likeness (QED) is 0.812. The number of hydrogen-bond donors (Lipinski definition) is 1. The standard InChI is InChI=1S/C10H11ClN2O2/c1-13-8-3-2-7(12-5-4-11)6-9(8)15-10(13)14/h2-3,6,12H,4-5H2,1H3. The summed E-state index contributed by atoms with van der Waals surface area (Å²) in [6.07, 6.45) is 0. The van der Waals surface area contributed by atoms with Gasteiger partial charge in [-0.1, -0.05) is 0 Å². The smallest absolute Gasteiger partial charge is 0.408 e. The molecule has 0 bridgehead atoms. The molecule has 0 atom stereocenters. The van der Waals surface area contributed by atoms with E-state index < -0.39 is 0 Å². The van der Waals surface area contributed by atoms with E-state index in [-0.39, 0.29) is 5.76 Å². The molecule has 0 fully saturated rings. The van der Waals surface area contributed by atoms with Crippen LogP contribution in [0.4, 0.5) is 5.69 Å². The highest BCUT2D eigenvalue weighted by Gasteiger charge is 2.05. The van der Waals surface area contributed by atoms with Crippen LogP contribution in [-0.4, -0.2) is 17.0 Å². The van der Waals surface area contributed by atoms with Crippen LogP contribution in [0, 0.1) is 0 Å². The summed E-state index contributed by atoms with van der Waals surface area (Å²) in [6.45, 7) is 0.685. The van der Waals surface area contributed by atoms with Crippen LogP contribution in [0.2, 0.25) is 0 Å². The van der Waals surface area contributed by atoms with E-state index in [9.17, 15) is 4.79 Å². The molecule has 15 heavy (non-hydrogen) atoms. The van der Waals surface area contributed by atoms with Gasteiger partial charge in [0.1, 0.15) is 0 Å². The van der Waals surface area contributed by atoms with Gasteiger partial charge < -0.3 is 9.73 Å². The zero-order chi connectivity index (χ0) is 10.8. The molecule has 1 aromatic heterocycles. The fraction of sp³-hybridized carbons (Fsp3) is 0.300. The average molecular weight is 227 g/mol. The van der Waals surface area contributed by atoms with E-state index >= 15 is 0 Å². The number of alkyl halides is 1. The molecule has 1 N–H and O–H groups in total. The van der Waals surface area contributed by atoms with E-state index in [0.717, 1.165) is 11.2 Å². The second kappa shape index (κ2) is 3.98. The predicted octanol–water partition coefficient (Wildman–Crippen LogP) is 1.78. The van der Waals surface area contributed by atoms with Crippen molar-refractivity contribution >= 4 is 28.4 Å². The molecule has 0 unspecified atom stereocenters. The number of aromatic nitrogens is 1. The third-order valence-corrected chi connectivity index (χ3v) is 2.40. The van der Waals surface area contributed by atoms with Crippen molar-refractivity contribution in [2.75, 3.05) is 17.7 Å². The summed E-state index contributed by atoms with van der Waals surface area (Å²) < 4.78 is 6.53. The summed E-state index contributed by atoms with van der Waals surface area (Å²) in [5.74, 6) is 0.191. The van der Waals surface area contributed by atoms with Crippen molar-refractivity contribution in [1.82, 2.24) is 4.57 Å². The topological polar surface area (TPSA) is 47.2 Å². The first-order chi connectivity index (χ1) is 7.22. The van der Waals surface area contributed by atoms with Gasteiger partial charge in [-0.25, -0.2) is 4.79 Å². The van der Waals surface area contributed by atoms with Crippen molar-refractivity contribution < 1.29 is 4.42 Å². The van der Waals surface area contributed by atoms with Crippen LogP contribution in [0.25, 0.3) is 11.1 Å². The van der Waals surface area contributed by atoms with E-state index in [4.69, 9.17) is 16.0 Å². The maximum atomic E-state index is 11.2. The first-order valence-corrected chi connectivity index (χ1v) is 5.15. The Balaban J connectivity index is 2.43. The van der Waals surface area contributed by atoms with Gasteiger partial charge in [-0.2, -0.15) is 0 Å². The van der Waals surface area contributed by atoms with Crippen LogP contribution in [-0.2, 0) is 7.05 Å². The number of nitrogens with zero attached hydrogens (tertiary/aromatic N) is 1. The van der Waals surface area contributed by atoms with Crippen LogP contribution < -0.4 is 11.1 Å². The molecule has 80 valence electrons. The van der Waals surface area contributed by atoms with E-state index in [1.54, 1.807) is 13.1 Å². The number of aryl methyl sites for hydroxylation is 1. The first kappa shape index (κ1) is 10.1. The van der Waals surface area contributed by atoms with Gasteiger partial charge in [0.05, 0.1) is 5.52 Å². The number of halogens is 1. The number of anilines is 1. The summed E-state index contributed by atoms with van der Waals surface area (Å²) in [5.41, 5.74) is 2.27. The van der Waals surface area contributed by atoms with Crippen molar-refractivity contribution in [3.63, 3.8) is 0 Å². The van der Waals surface area contributed by atoms with Crippen LogP contribution in [0.5, 0.6) is 0 Å². The third-order valence-electron chi connectivity index (χ3n) is 2.22. The van der Waals surface area contributed by atoms with Gasteiger partial charge in [-0.05, 0) is 12.1 Å². The van der Waals surface area contributed by atoms with E-state index in [0.29, 0.717) is 18.0 Å². The molecular weight excluding hydrogens is 216 g/mol. The van der Waals surface area contributed by atoms with Gasteiger partial charge >= 0.3 is 5.76 Å². The minimum absolute atomic E-state index is 0.348. The Labute approximate surface area is 91.4 Å². The molecule has 0 aliphatic rings. The molecule has 0 aliphatic heterocycles. The van der Waals surface area contributed by atoms with Gasteiger partial charge in [0.25, 0.3) is 0 Å². The van der Waals surface area contributed by atoms with Gasteiger partial charge in [-0.15, -0.1) is 11.6 Å². The third kappa shape index (κ3) is 1.85. The molecule has 1 heterocycles. The lowest BCUT2D eigenvalue weighted by molar-refractivity contribution is 0.528. The van der Waals surface area contributed by atoms with Gasteiger partial charge in [0, 0.05) is 31.2 Å². The normalized spacial score (nSPS) is 10.8. The Morgan fingerprint density at radius 2 is 2.33 bits per heavy atom. The number of oxazole rings is 1. The fourth-order valence-corrected chi connectivity index (χ4v) is 1.53. The highest BCUT2D eigenvalue weighted by Crippen LogP contribution is 2.17. The van der Waals surface area contributed by atoms with Crippen molar-refractivity contribution in [2.45, 2.75) is 0 Å². The maximum Gasteiger partial charge on any atom is 0.419 e. The summed E-state index contributed by atoms with van der Waals surface area (Å²) in [6, 6.07) is 5.53. The van der Waals surface area contributed by atoms with Crippen LogP contribution in [0.15, 0.2) is 27.4 Å². The van der Waals surface area contributed by atoms with Crippen LogP contribution in [0.3, 0.4) is 0 Å². The molecule has 0 radical (unpaired) electrons. The van der Waals surface area contributed by atoms with Gasteiger partial charge in [0.15, 0.2) is 5.58 Å². The highest BCUT2D eigenvalue weighted by atomic mass is 35.5. The Morgan fingerprint density at radius 3 is 3.07 bits per heavy atom. The SMILES string of the molecule is Cn1c(=O)oc2cc(NCCCl)ccc21. The highest BCUT2D eigenvalue weighted by molar-refractivity contribution is 6.18. The average Bonchev–Trinajstić information content (AvgIpc) is 2.52. The van der Waals surface area contributed by atoms with Crippen molar-refractivity contribution in [3.05, 3.63) is 28.7 Å². The lowest BCUT2D eigenvalue weighted by atomic mass is 10.3. The number of rotatable bonds is 3. The number of nitrogens with one attached hydrogen (secondary N) is 1. The molecule has 0 spiro atoms. The number of hydrogen-bond acceptors (Lipinski definition) is 3. The molecule has 2 rings (SSSR count). The Kier molecular flexibility index (Phi) is 2.68. The first-order valence-electron chi connectivity index (χ1n) is 4.62. The Morgan fingerprint density at radius 1 is 1.53 bits per heavy atom.